The van der Waals surface area contributed by atoms with Gasteiger partial charge in [0.25, 0.3) is 0 Å². The molecule has 0 aromatic rings. The first-order valence-corrected chi connectivity index (χ1v) is 11.1. The van der Waals surface area contributed by atoms with Crippen molar-refractivity contribution in [3.8, 4) is 0 Å². The van der Waals surface area contributed by atoms with Crippen LogP contribution in [0, 0.1) is 5.92 Å². The lowest BCUT2D eigenvalue weighted by molar-refractivity contribution is -0.144. The Hall–Kier alpha value is 0.227. The van der Waals surface area contributed by atoms with Crippen molar-refractivity contribution in [2.24, 2.45) is 5.92 Å². The van der Waals surface area contributed by atoms with Crippen LogP contribution in [0.4, 0.5) is 0 Å². The SMILES string of the molecule is C[C@@H](C(=O)O)[C@H](CCCC(C)(Cl)Cl)O[Si](C)(C)C(C)(C)C. The van der Waals surface area contributed by atoms with E-state index in [0.717, 1.165) is 6.42 Å². The van der Waals surface area contributed by atoms with Gasteiger partial charge in [-0.15, -0.1) is 23.2 Å². The van der Waals surface area contributed by atoms with Gasteiger partial charge in [0.05, 0.1) is 12.0 Å². The third kappa shape index (κ3) is 7.87. The molecule has 0 saturated heterocycles. The fourth-order valence-corrected chi connectivity index (χ4v) is 3.44. The molecule has 0 heterocycles. The minimum absolute atomic E-state index is 0.0525. The number of alkyl halides is 2. The van der Waals surface area contributed by atoms with Crippen molar-refractivity contribution in [3.05, 3.63) is 0 Å². The van der Waals surface area contributed by atoms with E-state index in [4.69, 9.17) is 27.6 Å². The van der Waals surface area contributed by atoms with Crippen LogP contribution in [0.5, 0.6) is 0 Å². The second-order valence-corrected chi connectivity index (χ2v) is 14.1. The molecule has 0 saturated carbocycles. The van der Waals surface area contributed by atoms with E-state index in [0.29, 0.717) is 12.8 Å². The summed E-state index contributed by atoms with van der Waals surface area (Å²) in [7, 11) is -2.00. The highest BCUT2D eigenvalue weighted by molar-refractivity contribution is 6.74. The van der Waals surface area contributed by atoms with Gasteiger partial charge < -0.3 is 9.53 Å². The van der Waals surface area contributed by atoms with Crippen LogP contribution in [0.2, 0.25) is 18.1 Å². The Bertz CT molecular complexity index is 346. The molecule has 0 unspecified atom stereocenters. The molecule has 6 heteroatoms. The highest BCUT2D eigenvalue weighted by atomic mass is 35.5. The molecule has 0 aliphatic heterocycles. The lowest BCUT2D eigenvalue weighted by atomic mass is 9.99. The Morgan fingerprint density at radius 2 is 1.71 bits per heavy atom. The van der Waals surface area contributed by atoms with Gasteiger partial charge in [-0.1, -0.05) is 20.8 Å². The van der Waals surface area contributed by atoms with Crippen LogP contribution in [0.1, 0.15) is 53.9 Å². The highest BCUT2D eigenvalue weighted by Crippen LogP contribution is 2.39. The lowest BCUT2D eigenvalue weighted by Crippen LogP contribution is -2.46. The molecular formula is C15H30Cl2O3Si. The minimum Gasteiger partial charge on any atom is -0.481 e. The smallest absolute Gasteiger partial charge is 0.308 e. The van der Waals surface area contributed by atoms with E-state index in [1.165, 1.54) is 0 Å². The van der Waals surface area contributed by atoms with Crippen molar-refractivity contribution in [3.63, 3.8) is 0 Å². The van der Waals surface area contributed by atoms with Crippen molar-refractivity contribution in [2.45, 2.75) is 82.5 Å². The van der Waals surface area contributed by atoms with Crippen molar-refractivity contribution in [1.29, 1.82) is 0 Å². The normalized spacial score (nSPS) is 16.6. The van der Waals surface area contributed by atoms with Crippen LogP contribution in [0.3, 0.4) is 0 Å². The summed E-state index contributed by atoms with van der Waals surface area (Å²) in [6.45, 7) is 14.2. The second kappa shape index (κ2) is 7.67. The first-order valence-electron chi connectivity index (χ1n) is 7.46. The first kappa shape index (κ1) is 21.2. The van der Waals surface area contributed by atoms with Crippen LogP contribution in [0.25, 0.3) is 0 Å². The Balaban J connectivity index is 4.88. The number of halogens is 2. The molecule has 3 nitrogen and oxygen atoms in total. The molecular weight excluding hydrogens is 327 g/mol. The van der Waals surface area contributed by atoms with Crippen molar-refractivity contribution >= 4 is 37.5 Å². The molecule has 0 amide bonds. The number of carboxylic acids is 1. The number of hydrogen-bond donors (Lipinski definition) is 1. The average molecular weight is 357 g/mol. The lowest BCUT2D eigenvalue weighted by Gasteiger charge is -2.40. The Morgan fingerprint density at radius 3 is 2.05 bits per heavy atom. The average Bonchev–Trinajstić information content (AvgIpc) is 2.23. The maximum atomic E-state index is 11.3. The van der Waals surface area contributed by atoms with Gasteiger partial charge in [-0.25, -0.2) is 0 Å². The topological polar surface area (TPSA) is 46.5 Å². The standard InChI is InChI=1S/C15H30Cl2O3Si/c1-11(13(18)19)12(9-8-10-15(5,16)17)20-21(6,7)14(2,3)4/h11-12H,8-10H2,1-7H3,(H,18,19)/t11-,12+/m1/s1. The van der Waals surface area contributed by atoms with Gasteiger partial charge in [-0.2, -0.15) is 0 Å². The molecule has 0 fully saturated rings. The Kier molecular flexibility index (Phi) is 7.75. The maximum absolute atomic E-state index is 11.3. The van der Waals surface area contributed by atoms with E-state index >= 15 is 0 Å². The van der Waals surface area contributed by atoms with Crippen LogP contribution in [-0.4, -0.2) is 29.8 Å². The fourth-order valence-electron chi connectivity index (χ4n) is 1.74. The summed E-state index contributed by atoms with van der Waals surface area (Å²) in [4.78, 5) is 11.3. The molecule has 0 radical (unpaired) electrons. The van der Waals surface area contributed by atoms with E-state index in [2.05, 4.69) is 33.9 Å². The Morgan fingerprint density at radius 1 is 1.24 bits per heavy atom. The summed E-state index contributed by atoms with van der Waals surface area (Å²) in [6, 6.07) is 0. The molecule has 0 bridgehead atoms. The van der Waals surface area contributed by atoms with Crippen molar-refractivity contribution in [2.75, 3.05) is 0 Å². The zero-order valence-electron chi connectivity index (χ0n) is 14.3. The highest BCUT2D eigenvalue weighted by Gasteiger charge is 2.41. The van der Waals surface area contributed by atoms with E-state index in [1.54, 1.807) is 13.8 Å². The van der Waals surface area contributed by atoms with Gasteiger partial charge >= 0.3 is 5.97 Å². The summed E-state index contributed by atoms with van der Waals surface area (Å²) in [6.07, 6.45) is 1.74. The zero-order chi connectivity index (χ0) is 17.1. The fraction of sp³-hybridized carbons (Fsp3) is 0.933. The first-order chi connectivity index (χ1) is 9.17. The van der Waals surface area contributed by atoms with Gasteiger partial charge in [-0.3, -0.25) is 4.79 Å². The zero-order valence-corrected chi connectivity index (χ0v) is 16.8. The van der Waals surface area contributed by atoms with Gasteiger partial charge in [-0.05, 0) is 51.2 Å². The second-order valence-electron chi connectivity index (χ2n) is 7.51. The molecule has 1 N–H and O–H groups in total. The van der Waals surface area contributed by atoms with Crippen LogP contribution < -0.4 is 0 Å². The van der Waals surface area contributed by atoms with E-state index < -0.39 is 24.5 Å². The monoisotopic (exact) mass is 356 g/mol. The summed E-state index contributed by atoms with van der Waals surface area (Å²) in [5.74, 6) is -1.35. The molecule has 21 heavy (non-hydrogen) atoms. The number of carboxylic acid groups (broad SMARTS) is 1. The van der Waals surface area contributed by atoms with Crippen LogP contribution in [-0.2, 0) is 9.22 Å². The number of aliphatic carboxylic acids is 1. The van der Waals surface area contributed by atoms with Crippen LogP contribution >= 0.6 is 23.2 Å². The van der Waals surface area contributed by atoms with Crippen molar-refractivity contribution < 1.29 is 14.3 Å². The quantitative estimate of drug-likeness (QED) is 0.463. The van der Waals surface area contributed by atoms with E-state index in [9.17, 15) is 9.90 Å². The molecule has 126 valence electrons. The maximum Gasteiger partial charge on any atom is 0.308 e. The van der Waals surface area contributed by atoms with Gasteiger partial charge in [0.2, 0.25) is 0 Å². The van der Waals surface area contributed by atoms with E-state index in [-0.39, 0.29) is 11.1 Å². The van der Waals surface area contributed by atoms with Gasteiger partial charge in [0.1, 0.15) is 4.33 Å². The molecule has 0 spiro atoms. The molecule has 0 aliphatic carbocycles. The van der Waals surface area contributed by atoms with Crippen molar-refractivity contribution in [1.82, 2.24) is 0 Å². The minimum atomic E-state index is -2.00. The predicted molar refractivity (Wildman–Crippen MR) is 92.8 cm³/mol. The number of rotatable bonds is 8. The molecule has 0 rings (SSSR count). The predicted octanol–water partition coefficient (Wildman–Crippen LogP) is 5.46. The van der Waals surface area contributed by atoms with E-state index in [1.807, 2.05) is 0 Å². The largest absolute Gasteiger partial charge is 0.481 e. The summed E-state index contributed by atoms with van der Waals surface area (Å²) >= 11 is 12.0. The summed E-state index contributed by atoms with van der Waals surface area (Å²) in [5.41, 5.74) is 0. The van der Waals surface area contributed by atoms with Gasteiger partial charge in [0.15, 0.2) is 8.32 Å². The molecule has 0 aromatic carbocycles. The summed E-state index contributed by atoms with van der Waals surface area (Å²) < 4.78 is 5.54. The number of hydrogen-bond acceptors (Lipinski definition) is 2. The Labute approximate surface area is 140 Å². The molecule has 0 aliphatic rings. The third-order valence-corrected chi connectivity index (χ3v) is 9.19. The third-order valence-electron chi connectivity index (χ3n) is 4.30. The van der Waals surface area contributed by atoms with Gasteiger partial charge in [0, 0.05) is 0 Å². The van der Waals surface area contributed by atoms with Crippen LogP contribution in [0.15, 0.2) is 0 Å². The molecule has 0 aromatic heterocycles. The number of carbonyl (C=O) groups is 1. The molecule has 2 atom stereocenters. The summed E-state index contributed by atoms with van der Waals surface area (Å²) in [5, 5.41) is 9.35.